The van der Waals surface area contributed by atoms with Gasteiger partial charge in [0.1, 0.15) is 23.2 Å². The van der Waals surface area contributed by atoms with Crippen LogP contribution in [0.5, 0.6) is 5.75 Å². The third-order valence-corrected chi connectivity index (χ3v) is 7.08. The number of nitrogens with zero attached hydrogens (tertiary/aromatic N) is 1. The second kappa shape index (κ2) is 7.78. The Kier molecular flexibility index (Phi) is 5.28. The van der Waals surface area contributed by atoms with Gasteiger partial charge in [0.05, 0.1) is 9.82 Å². The van der Waals surface area contributed by atoms with Crippen molar-refractivity contribution in [2.75, 3.05) is 6.29 Å². The van der Waals surface area contributed by atoms with Crippen LogP contribution in [0.25, 0.3) is 21.9 Å². The molecule has 1 unspecified atom stereocenters. The highest BCUT2D eigenvalue weighted by molar-refractivity contribution is 7.89. The van der Waals surface area contributed by atoms with Crippen LogP contribution in [0, 0.1) is 10.1 Å². The number of nitro benzene ring substituents is 1. The lowest BCUT2D eigenvalue weighted by atomic mass is 10.2. The van der Waals surface area contributed by atoms with Crippen molar-refractivity contribution in [3.8, 4) is 5.75 Å². The van der Waals surface area contributed by atoms with Gasteiger partial charge in [0.25, 0.3) is 5.69 Å². The Balaban J connectivity index is 1.50. The van der Waals surface area contributed by atoms with Gasteiger partial charge >= 0.3 is 7.60 Å². The average Bonchev–Trinajstić information content (AvgIpc) is 3.10. The zero-order valence-electron chi connectivity index (χ0n) is 15.7. The van der Waals surface area contributed by atoms with Crippen molar-refractivity contribution in [1.29, 1.82) is 0 Å². The Hall–Kier alpha value is -3.24. The van der Waals surface area contributed by atoms with Gasteiger partial charge in [-0.15, -0.1) is 0 Å². The predicted molar refractivity (Wildman–Crippen MR) is 112 cm³/mol. The maximum Gasteiger partial charge on any atom is 0.391 e. The van der Waals surface area contributed by atoms with Gasteiger partial charge in [0, 0.05) is 29.0 Å². The fourth-order valence-electron chi connectivity index (χ4n) is 2.95. The summed E-state index contributed by atoms with van der Waals surface area (Å²) in [6, 6.07) is 16.0. The van der Waals surface area contributed by atoms with E-state index in [9.17, 15) is 28.0 Å². The minimum atomic E-state index is -4.43. The standard InChI is InChI=1S/C19H15N2O8PS/c22-21(23)13-5-7-14(8-6-13)29-30(24,25)12-20-31(26,27)15-9-10-17-16-3-1-2-4-18(16)28-19(17)11-15/h1-11,20H,12H2,(H,24,25). The van der Waals surface area contributed by atoms with E-state index < -0.39 is 28.8 Å². The van der Waals surface area contributed by atoms with Gasteiger partial charge in [0.15, 0.2) is 0 Å². The van der Waals surface area contributed by atoms with Crippen LogP contribution in [0.1, 0.15) is 0 Å². The number of benzene rings is 3. The number of rotatable bonds is 7. The molecule has 4 aromatic rings. The molecule has 0 spiro atoms. The van der Waals surface area contributed by atoms with E-state index in [1.165, 1.54) is 12.1 Å². The number of sulfonamides is 1. The lowest BCUT2D eigenvalue weighted by Gasteiger charge is -2.14. The van der Waals surface area contributed by atoms with Crippen molar-refractivity contribution >= 4 is 45.2 Å². The number of para-hydroxylation sites is 1. The monoisotopic (exact) mass is 462 g/mol. The van der Waals surface area contributed by atoms with Crippen LogP contribution in [0.2, 0.25) is 0 Å². The van der Waals surface area contributed by atoms with Crippen molar-refractivity contribution < 1.29 is 31.7 Å². The summed E-state index contributed by atoms with van der Waals surface area (Å²) in [5, 5.41) is 12.2. The highest BCUT2D eigenvalue weighted by Gasteiger charge is 2.26. The quantitative estimate of drug-likeness (QED) is 0.238. The number of nitrogens with one attached hydrogen (secondary N) is 1. The molecule has 0 fully saturated rings. The highest BCUT2D eigenvalue weighted by atomic mass is 32.2. The second-order valence-electron chi connectivity index (χ2n) is 6.54. The van der Waals surface area contributed by atoms with Crippen molar-refractivity contribution in [2.24, 2.45) is 0 Å². The molecule has 0 amide bonds. The molecule has 10 nitrogen and oxygen atoms in total. The van der Waals surface area contributed by atoms with Gasteiger partial charge in [-0.1, -0.05) is 18.2 Å². The van der Waals surface area contributed by atoms with Crippen LogP contribution in [0.15, 0.2) is 76.0 Å². The van der Waals surface area contributed by atoms with Gasteiger partial charge < -0.3 is 13.8 Å². The Morgan fingerprint density at radius 3 is 2.42 bits per heavy atom. The number of hydrogen-bond donors (Lipinski definition) is 2. The molecule has 3 aromatic carbocycles. The zero-order chi connectivity index (χ0) is 22.2. The number of hydrogen-bond acceptors (Lipinski definition) is 7. The van der Waals surface area contributed by atoms with Gasteiger partial charge in [-0.25, -0.2) is 13.0 Å². The van der Waals surface area contributed by atoms with Crippen molar-refractivity contribution in [3.63, 3.8) is 0 Å². The molecule has 1 atom stereocenters. The number of non-ortho nitro benzene ring substituents is 1. The summed E-state index contributed by atoms with van der Waals surface area (Å²) >= 11 is 0. The zero-order valence-corrected chi connectivity index (χ0v) is 17.4. The second-order valence-corrected chi connectivity index (χ2v) is 10.1. The van der Waals surface area contributed by atoms with Crippen LogP contribution in [-0.2, 0) is 14.6 Å². The maximum absolute atomic E-state index is 12.6. The van der Waals surface area contributed by atoms with Crippen molar-refractivity contribution in [1.82, 2.24) is 4.72 Å². The molecule has 0 aliphatic heterocycles. The smallest absolute Gasteiger partial charge is 0.391 e. The van der Waals surface area contributed by atoms with E-state index in [1.54, 1.807) is 18.2 Å². The molecular formula is C19H15N2O8PS. The van der Waals surface area contributed by atoms with Crippen LogP contribution in [-0.4, -0.2) is 24.5 Å². The Bertz CT molecular complexity index is 1450. The molecule has 0 aliphatic rings. The molecule has 160 valence electrons. The fourth-order valence-corrected chi connectivity index (χ4v) is 5.47. The first-order valence-electron chi connectivity index (χ1n) is 8.81. The van der Waals surface area contributed by atoms with Gasteiger partial charge in [-0.2, -0.15) is 4.72 Å². The third-order valence-electron chi connectivity index (χ3n) is 4.41. The Labute approximate surface area is 175 Å². The fraction of sp³-hybridized carbons (Fsp3) is 0.0526. The molecule has 4 rings (SSSR count). The summed E-state index contributed by atoms with van der Waals surface area (Å²) in [7, 11) is -8.57. The maximum atomic E-state index is 12.6. The number of furan rings is 1. The molecule has 1 aromatic heterocycles. The van der Waals surface area contributed by atoms with Crippen LogP contribution in [0.4, 0.5) is 5.69 Å². The number of nitro groups is 1. The van der Waals surface area contributed by atoms with Crippen LogP contribution in [0.3, 0.4) is 0 Å². The lowest BCUT2D eigenvalue weighted by Crippen LogP contribution is -2.25. The first-order valence-corrected chi connectivity index (χ1v) is 12.1. The third kappa shape index (κ3) is 4.44. The highest BCUT2D eigenvalue weighted by Crippen LogP contribution is 2.42. The van der Waals surface area contributed by atoms with Gasteiger partial charge in [0.2, 0.25) is 10.0 Å². The summed E-state index contributed by atoms with van der Waals surface area (Å²) in [6.45, 7) is 0. The minimum absolute atomic E-state index is 0.112. The first kappa shape index (κ1) is 21.0. The summed E-state index contributed by atoms with van der Waals surface area (Å²) < 4.78 is 50.1. The molecule has 12 heteroatoms. The van der Waals surface area contributed by atoms with Crippen LogP contribution >= 0.6 is 7.60 Å². The molecule has 1 heterocycles. The summed E-state index contributed by atoms with van der Waals surface area (Å²) in [5.41, 5.74) is 0.747. The molecule has 0 aliphatic carbocycles. The van der Waals surface area contributed by atoms with Gasteiger partial charge in [-0.05, 0) is 30.3 Å². The number of fused-ring (bicyclic) bond motifs is 3. The van der Waals surface area contributed by atoms with Crippen LogP contribution < -0.4 is 9.25 Å². The molecule has 0 saturated heterocycles. The molecule has 2 N–H and O–H groups in total. The first-order chi connectivity index (χ1) is 14.6. The van der Waals surface area contributed by atoms with E-state index in [0.29, 0.717) is 11.2 Å². The van der Waals surface area contributed by atoms with Crippen molar-refractivity contribution in [3.05, 3.63) is 76.8 Å². The van der Waals surface area contributed by atoms with E-state index in [4.69, 9.17) is 8.94 Å². The topological polar surface area (TPSA) is 149 Å². The van der Waals surface area contributed by atoms with E-state index in [-0.39, 0.29) is 16.3 Å². The van der Waals surface area contributed by atoms with Gasteiger partial charge in [-0.3, -0.25) is 10.1 Å². The van der Waals surface area contributed by atoms with E-state index in [0.717, 1.165) is 35.0 Å². The summed E-state index contributed by atoms with van der Waals surface area (Å²) in [4.78, 5) is 19.9. The lowest BCUT2D eigenvalue weighted by molar-refractivity contribution is -0.384. The van der Waals surface area contributed by atoms with E-state index in [1.807, 2.05) is 16.9 Å². The predicted octanol–water partition coefficient (Wildman–Crippen LogP) is 3.99. The molecule has 0 saturated carbocycles. The molecular weight excluding hydrogens is 447 g/mol. The van der Waals surface area contributed by atoms with Crippen molar-refractivity contribution in [2.45, 2.75) is 4.90 Å². The molecule has 0 radical (unpaired) electrons. The summed E-state index contributed by atoms with van der Waals surface area (Å²) in [6.07, 6.45) is -0.898. The minimum Gasteiger partial charge on any atom is -0.456 e. The Morgan fingerprint density at radius 2 is 1.71 bits per heavy atom. The normalized spacial score (nSPS) is 13.8. The Morgan fingerprint density at radius 1 is 1.03 bits per heavy atom. The average molecular weight is 462 g/mol. The largest absolute Gasteiger partial charge is 0.456 e. The molecule has 31 heavy (non-hydrogen) atoms. The van der Waals surface area contributed by atoms with E-state index >= 15 is 0 Å². The molecule has 0 bridgehead atoms. The SMILES string of the molecule is O=[N+]([O-])c1ccc(OP(=O)(O)CNS(=O)(=O)c2ccc3c(c2)oc2ccccc23)cc1. The van der Waals surface area contributed by atoms with E-state index in [2.05, 4.69) is 0 Å². The summed E-state index contributed by atoms with van der Waals surface area (Å²) in [5.74, 6) is -0.112.